The molecular weight excluding hydrogens is 216 g/mol. The molecule has 0 atom stereocenters. The van der Waals surface area contributed by atoms with E-state index in [-0.39, 0.29) is 5.91 Å². The molecule has 0 fully saturated rings. The zero-order valence-corrected chi connectivity index (χ0v) is 8.25. The fraction of sp³-hybridized carbons (Fsp3) is 0.600. The van der Waals surface area contributed by atoms with Crippen molar-refractivity contribution in [1.29, 1.82) is 0 Å². The summed E-state index contributed by atoms with van der Waals surface area (Å²) in [7, 11) is 0. The lowest BCUT2D eigenvalue weighted by Crippen LogP contribution is -2.12. The predicted octanol–water partition coefficient (Wildman–Crippen LogP) is 1.54. The van der Waals surface area contributed by atoms with Gasteiger partial charge in [0.15, 0.2) is 3.95 Å². The van der Waals surface area contributed by atoms with Gasteiger partial charge in [0.2, 0.25) is 5.91 Å². The van der Waals surface area contributed by atoms with E-state index in [1.165, 1.54) is 18.7 Å². The van der Waals surface area contributed by atoms with Crippen LogP contribution in [0.15, 0.2) is 5.10 Å². The van der Waals surface area contributed by atoms with Crippen LogP contribution in [0.2, 0.25) is 0 Å². The van der Waals surface area contributed by atoms with Crippen molar-refractivity contribution >= 4 is 37.6 Å². The summed E-state index contributed by atoms with van der Waals surface area (Å²) >= 11 is 4.69. The molecule has 0 aliphatic heterocycles. The summed E-state index contributed by atoms with van der Waals surface area (Å²) in [6.45, 7) is 3.43. The van der Waals surface area contributed by atoms with Crippen LogP contribution in [0.5, 0.6) is 0 Å². The second-order valence-corrected chi connectivity index (χ2v) is 3.99. The Hall–Kier alpha value is -0.0300. The summed E-state index contributed by atoms with van der Waals surface area (Å²) in [5.41, 5.74) is 2.31. The Bertz CT molecular complexity index is 149. The van der Waals surface area contributed by atoms with Gasteiger partial charge in [-0.15, -0.1) is 0 Å². The summed E-state index contributed by atoms with van der Waals surface area (Å²) in [4.78, 5) is 10.3. The van der Waals surface area contributed by atoms with Gasteiger partial charge in [0.25, 0.3) is 0 Å². The summed E-state index contributed by atoms with van der Waals surface area (Å²) in [6, 6.07) is 0. The molecule has 58 valence electrons. The maximum Gasteiger partial charge on any atom is 0.236 e. The normalized spacial score (nSPS) is 11.3. The first-order valence-electron chi connectivity index (χ1n) is 2.79. The third kappa shape index (κ3) is 6.10. The van der Waals surface area contributed by atoms with Crippen molar-refractivity contribution in [3.8, 4) is 0 Å². The highest BCUT2D eigenvalue weighted by Gasteiger charge is 1.91. The fourth-order valence-electron chi connectivity index (χ4n) is 0.274. The maximum absolute atomic E-state index is 10.3. The number of nitrogens with one attached hydrogen (secondary N) is 1. The van der Waals surface area contributed by atoms with Crippen LogP contribution in [-0.4, -0.2) is 15.6 Å². The quantitative estimate of drug-likeness (QED) is 0.440. The van der Waals surface area contributed by atoms with Gasteiger partial charge in [-0.05, 0) is 21.7 Å². The van der Waals surface area contributed by atoms with Crippen LogP contribution < -0.4 is 5.43 Å². The van der Waals surface area contributed by atoms with Crippen molar-refractivity contribution < 1.29 is 4.79 Å². The third-order valence-electron chi connectivity index (χ3n) is 0.565. The molecule has 0 spiro atoms. The Morgan fingerprint density at radius 2 is 2.40 bits per heavy atom. The second-order valence-electron chi connectivity index (χ2n) is 1.47. The molecule has 1 amide bonds. The van der Waals surface area contributed by atoms with Crippen molar-refractivity contribution in [1.82, 2.24) is 5.43 Å². The zero-order valence-electron chi connectivity index (χ0n) is 5.85. The van der Waals surface area contributed by atoms with Gasteiger partial charge in [-0.1, -0.05) is 18.7 Å². The standard InChI is InChI=1S/C5H9BrN2OS/c1-3-10-5(6)8-7-4(2)9/h3H2,1-2H3,(H,7,9)/b8-5-. The number of nitrogens with zero attached hydrogens (tertiary/aromatic N) is 1. The van der Waals surface area contributed by atoms with Crippen LogP contribution >= 0.6 is 27.7 Å². The molecule has 5 heteroatoms. The minimum absolute atomic E-state index is 0.159. The van der Waals surface area contributed by atoms with Gasteiger partial charge in [-0.2, -0.15) is 5.10 Å². The molecule has 0 aromatic heterocycles. The number of amides is 1. The Balaban J connectivity index is 3.57. The van der Waals surface area contributed by atoms with Crippen molar-refractivity contribution in [2.45, 2.75) is 13.8 Å². The lowest BCUT2D eigenvalue weighted by atomic mass is 10.8. The Morgan fingerprint density at radius 1 is 1.80 bits per heavy atom. The molecule has 0 radical (unpaired) electrons. The number of carbonyl (C=O) groups is 1. The molecule has 0 aliphatic carbocycles. The van der Waals surface area contributed by atoms with E-state index in [0.29, 0.717) is 3.95 Å². The van der Waals surface area contributed by atoms with Gasteiger partial charge >= 0.3 is 0 Å². The number of rotatable bonds is 2. The lowest BCUT2D eigenvalue weighted by Gasteiger charge is -1.94. The molecule has 0 aliphatic rings. The molecule has 10 heavy (non-hydrogen) atoms. The van der Waals surface area contributed by atoms with Crippen LogP contribution in [0.1, 0.15) is 13.8 Å². The molecule has 0 aromatic rings. The molecule has 0 saturated heterocycles. The predicted molar refractivity (Wildman–Crippen MR) is 48.3 cm³/mol. The summed E-state index contributed by atoms with van der Waals surface area (Å²) in [5, 5.41) is 3.71. The minimum Gasteiger partial charge on any atom is -0.274 e. The van der Waals surface area contributed by atoms with E-state index in [1.807, 2.05) is 6.92 Å². The highest BCUT2D eigenvalue weighted by Crippen LogP contribution is 2.07. The van der Waals surface area contributed by atoms with E-state index in [2.05, 4.69) is 26.5 Å². The highest BCUT2D eigenvalue weighted by atomic mass is 79.9. The lowest BCUT2D eigenvalue weighted by molar-refractivity contribution is -0.118. The zero-order chi connectivity index (χ0) is 7.98. The first-order valence-corrected chi connectivity index (χ1v) is 4.57. The number of halogens is 1. The third-order valence-corrected chi connectivity index (χ3v) is 2.05. The van der Waals surface area contributed by atoms with Gasteiger partial charge in [-0.25, -0.2) is 5.43 Å². The van der Waals surface area contributed by atoms with E-state index >= 15 is 0 Å². The van der Waals surface area contributed by atoms with Crippen LogP contribution in [-0.2, 0) is 4.79 Å². The molecule has 0 heterocycles. The van der Waals surface area contributed by atoms with Gasteiger partial charge in [0.1, 0.15) is 0 Å². The van der Waals surface area contributed by atoms with E-state index in [1.54, 1.807) is 0 Å². The number of hydrogen-bond acceptors (Lipinski definition) is 3. The highest BCUT2D eigenvalue weighted by molar-refractivity contribution is 9.22. The number of thioether (sulfide) groups is 1. The van der Waals surface area contributed by atoms with Gasteiger partial charge in [0, 0.05) is 6.92 Å². The van der Waals surface area contributed by atoms with Crippen molar-refractivity contribution in [3.63, 3.8) is 0 Å². The maximum atomic E-state index is 10.3. The number of carbonyl (C=O) groups excluding carboxylic acids is 1. The molecule has 0 bridgehead atoms. The van der Waals surface area contributed by atoms with E-state index in [4.69, 9.17) is 0 Å². The van der Waals surface area contributed by atoms with Crippen LogP contribution in [0.3, 0.4) is 0 Å². The molecular formula is C5H9BrN2OS. The molecule has 1 N–H and O–H groups in total. The van der Waals surface area contributed by atoms with Crippen molar-refractivity contribution in [3.05, 3.63) is 0 Å². The average Bonchev–Trinajstić information content (AvgIpc) is 1.85. The van der Waals surface area contributed by atoms with Crippen LogP contribution in [0.4, 0.5) is 0 Å². The Kier molecular flexibility index (Phi) is 5.71. The fourth-order valence-corrected chi connectivity index (χ4v) is 1.40. The first-order chi connectivity index (χ1) is 4.66. The molecule has 0 saturated carbocycles. The first kappa shape index (κ1) is 9.97. The Morgan fingerprint density at radius 3 is 2.80 bits per heavy atom. The second kappa shape index (κ2) is 5.73. The molecule has 0 unspecified atom stereocenters. The SMILES string of the molecule is CCS/C(Br)=N\NC(C)=O. The van der Waals surface area contributed by atoms with E-state index < -0.39 is 0 Å². The molecule has 0 rings (SSSR count). The summed E-state index contributed by atoms with van der Waals surface area (Å²) < 4.78 is 0.699. The summed E-state index contributed by atoms with van der Waals surface area (Å²) in [5.74, 6) is 0.776. The monoisotopic (exact) mass is 224 g/mol. The van der Waals surface area contributed by atoms with E-state index in [0.717, 1.165) is 5.75 Å². The van der Waals surface area contributed by atoms with Crippen molar-refractivity contribution in [2.75, 3.05) is 5.75 Å². The van der Waals surface area contributed by atoms with Gasteiger partial charge < -0.3 is 0 Å². The summed E-state index contributed by atoms with van der Waals surface area (Å²) in [6.07, 6.45) is 0. The number of hydrogen-bond donors (Lipinski definition) is 1. The van der Waals surface area contributed by atoms with Gasteiger partial charge in [-0.3, -0.25) is 4.79 Å². The largest absolute Gasteiger partial charge is 0.274 e. The van der Waals surface area contributed by atoms with Crippen LogP contribution in [0.25, 0.3) is 0 Å². The minimum atomic E-state index is -0.159. The van der Waals surface area contributed by atoms with Crippen molar-refractivity contribution in [2.24, 2.45) is 5.10 Å². The smallest absolute Gasteiger partial charge is 0.236 e. The van der Waals surface area contributed by atoms with Gasteiger partial charge in [0.05, 0.1) is 0 Å². The van der Waals surface area contributed by atoms with E-state index in [9.17, 15) is 4.79 Å². The Labute approximate surface area is 72.8 Å². The average molecular weight is 225 g/mol. The van der Waals surface area contributed by atoms with Crippen LogP contribution in [0, 0.1) is 0 Å². The molecule has 3 nitrogen and oxygen atoms in total. The number of hydrazone groups is 1. The topological polar surface area (TPSA) is 41.5 Å². The molecule has 0 aromatic carbocycles.